The molecule has 0 unspecified atom stereocenters. The third-order valence-electron chi connectivity index (χ3n) is 5.40. The van der Waals surface area contributed by atoms with Crippen LogP contribution in [-0.2, 0) is 6.54 Å². The fraction of sp³-hybridized carbons (Fsp3) is 0.304. The monoisotopic (exact) mass is 440 g/mol. The van der Waals surface area contributed by atoms with Crippen molar-refractivity contribution in [2.45, 2.75) is 13.5 Å². The first-order valence-electron chi connectivity index (χ1n) is 10.5. The van der Waals surface area contributed by atoms with Crippen LogP contribution in [-0.4, -0.2) is 47.6 Å². The summed E-state index contributed by atoms with van der Waals surface area (Å²) >= 11 is 6.23. The maximum absolute atomic E-state index is 13.4. The van der Waals surface area contributed by atoms with E-state index >= 15 is 0 Å². The summed E-state index contributed by atoms with van der Waals surface area (Å²) in [5.41, 5.74) is 2.92. The Labute approximate surface area is 187 Å². The van der Waals surface area contributed by atoms with Gasteiger partial charge in [-0.1, -0.05) is 30.7 Å². The summed E-state index contributed by atoms with van der Waals surface area (Å²) in [6, 6.07) is 14.7. The molecule has 162 valence electrons. The van der Waals surface area contributed by atoms with Gasteiger partial charge in [0.1, 0.15) is 10.8 Å². The highest BCUT2D eigenvalue weighted by atomic mass is 35.5. The van der Waals surface area contributed by atoms with Crippen molar-refractivity contribution < 1.29 is 4.39 Å². The van der Waals surface area contributed by atoms with Gasteiger partial charge in [0.15, 0.2) is 5.82 Å². The molecule has 1 aliphatic heterocycles. The van der Waals surface area contributed by atoms with Gasteiger partial charge in [0.2, 0.25) is 5.95 Å². The van der Waals surface area contributed by atoms with Crippen LogP contribution >= 0.6 is 11.6 Å². The molecule has 2 aromatic carbocycles. The van der Waals surface area contributed by atoms with Crippen LogP contribution in [0.1, 0.15) is 12.5 Å². The molecule has 4 rings (SSSR count). The number of aromatic nitrogens is 2. The van der Waals surface area contributed by atoms with Gasteiger partial charge in [-0.25, -0.2) is 9.37 Å². The highest BCUT2D eigenvalue weighted by Gasteiger charge is 2.15. The second-order valence-electron chi connectivity index (χ2n) is 7.47. The van der Waals surface area contributed by atoms with E-state index in [1.807, 2.05) is 18.2 Å². The molecule has 0 amide bonds. The number of hydrogen-bond acceptors (Lipinski definition) is 6. The van der Waals surface area contributed by atoms with Crippen LogP contribution in [0.5, 0.6) is 0 Å². The minimum Gasteiger partial charge on any atom is -0.369 e. The molecule has 0 saturated carbocycles. The van der Waals surface area contributed by atoms with E-state index in [0.29, 0.717) is 23.3 Å². The number of anilines is 4. The highest BCUT2D eigenvalue weighted by molar-refractivity contribution is 6.32. The summed E-state index contributed by atoms with van der Waals surface area (Å²) in [6.45, 7) is 8.01. The van der Waals surface area contributed by atoms with Gasteiger partial charge in [0, 0.05) is 44.1 Å². The third-order valence-corrected chi connectivity index (χ3v) is 5.68. The normalized spacial score (nSPS) is 14.5. The average Bonchev–Trinajstić information content (AvgIpc) is 2.80. The molecular weight excluding hydrogens is 415 g/mol. The highest BCUT2D eigenvalue weighted by Crippen LogP contribution is 2.24. The topological polar surface area (TPSA) is 56.3 Å². The number of likely N-dealkylation sites (N-methyl/N-ethyl adjacent to an activating group) is 1. The molecule has 1 fully saturated rings. The lowest BCUT2D eigenvalue weighted by Gasteiger charge is -2.35. The van der Waals surface area contributed by atoms with Crippen LogP contribution in [0.2, 0.25) is 5.02 Å². The summed E-state index contributed by atoms with van der Waals surface area (Å²) in [7, 11) is 0. The smallest absolute Gasteiger partial charge is 0.229 e. The van der Waals surface area contributed by atoms with E-state index in [1.54, 1.807) is 12.3 Å². The molecule has 1 saturated heterocycles. The molecule has 0 bridgehead atoms. The summed E-state index contributed by atoms with van der Waals surface area (Å²) in [6.07, 6.45) is 1.55. The van der Waals surface area contributed by atoms with Gasteiger partial charge in [0.25, 0.3) is 0 Å². The lowest BCUT2D eigenvalue weighted by atomic mass is 10.2. The third kappa shape index (κ3) is 5.62. The molecule has 0 atom stereocenters. The number of nitrogens with one attached hydrogen (secondary N) is 2. The van der Waals surface area contributed by atoms with E-state index < -0.39 is 0 Å². The summed E-state index contributed by atoms with van der Waals surface area (Å²) in [5, 5.41) is 6.77. The maximum atomic E-state index is 13.4. The molecule has 3 aromatic rings. The number of piperazine rings is 1. The van der Waals surface area contributed by atoms with Gasteiger partial charge >= 0.3 is 0 Å². The molecule has 8 heteroatoms. The second kappa shape index (κ2) is 9.94. The van der Waals surface area contributed by atoms with Gasteiger partial charge in [-0.2, -0.15) is 4.98 Å². The lowest BCUT2D eigenvalue weighted by Crippen LogP contribution is -2.46. The number of nitrogens with zero attached hydrogens (tertiary/aromatic N) is 4. The minimum atomic E-state index is -0.272. The minimum absolute atomic E-state index is 0.272. The van der Waals surface area contributed by atoms with Crippen molar-refractivity contribution in [1.82, 2.24) is 14.9 Å². The van der Waals surface area contributed by atoms with Crippen molar-refractivity contribution in [3.8, 4) is 0 Å². The van der Waals surface area contributed by atoms with Crippen LogP contribution in [0.25, 0.3) is 0 Å². The fourth-order valence-electron chi connectivity index (χ4n) is 3.59. The zero-order chi connectivity index (χ0) is 21.6. The van der Waals surface area contributed by atoms with Gasteiger partial charge in [-0.3, -0.25) is 0 Å². The number of hydrogen-bond donors (Lipinski definition) is 2. The largest absolute Gasteiger partial charge is 0.369 e. The molecule has 0 aliphatic carbocycles. The number of rotatable bonds is 7. The van der Waals surface area contributed by atoms with Gasteiger partial charge in [0.05, 0.1) is 6.20 Å². The van der Waals surface area contributed by atoms with Crippen LogP contribution in [0.15, 0.2) is 54.7 Å². The Morgan fingerprint density at radius 1 is 1.06 bits per heavy atom. The molecular formula is C23H26ClFN6. The van der Waals surface area contributed by atoms with E-state index in [1.165, 1.54) is 17.8 Å². The quantitative estimate of drug-likeness (QED) is 0.552. The van der Waals surface area contributed by atoms with Crippen LogP contribution < -0.4 is 15.5 Å². The second-order valence-corrected chi connectivity index (χ2v) is 7.87. The first-order valence-corrected chi connectivity index (χ1v) is 10.8. The van der Waals surface area contributed by atoms with Crippen LogP contribution in [0.4, 0.5) is 27.5 Å². The van der Waals surface area contributed by atoms with Crippen LogP contribution in [0, 0.1) is 5.82 Å². The molecule has 0 spiro atoms. The summed E-state index contributed by atoms with van der Waals surface area (Å²) < 4.78 is 13.4. The zero-order valence-corrected chi connectivity index (χ0v) is 18.2. The Morgan fingerprint density at radius 2 is 1.84 bits per heavy atom. The Balaban J connectivity index is 1.38. The van der Waals surface area contributed by atoms with Gasteiger partial charge in [-0.05, 0) is 48.5 Å². The van der Waals surface area contributed by atoms with Crippen molar-refractivity contribution in [2.24, 2.45) is 0 Å². The van der Waals surface area contributed by atoms with E-state index in [2.05, 4.69) is 49.5 Å². The molecule has 6 nitrogen and oxygen atoms in total. The Morgan fingerprint density at radius 3 is 2.55 bits per heavy atom. The molecule has 1 aliphatic rings. The lowest BCUT2D eigenvalue weighted by molar-refractivity contribution is 0.271. The van der Waals surface area contributed by atoms with Crippen molar-refractivity contribution in [2.75, 3.05) is 48.3 Å². The Bertz CT molecular complexity index is 1010. The Hall–Kier alpha value is -2.90. The van der Waals surface area contributed by atoms with Gasteiger partial charge in [-0.15, -0.1) is 0 Å². The zero-order valence-electron chi connectivity index (χ0n) is 17.5. The molecule has 0 radical (unpaired) electrons. The Kier molecular flexibility index (Phi) is 6.84. The molecule has 2 heterocycles. The predicted octanol–water partition coefficient (Wildman–Crippen LogP) is 4.77. The van der Waals surface area contributed by atoms with Crippen molar-refractivity contribution in [3.05, 3.63) is 71.1 Å². The SMILES string of the molecule is CCN1CCN(c2ccc(Nc3ncc(Cl)c(NCc4cccc(F)c4)n3)cc2)CC1. The van der Waals surface area contributed by atoms with E-state index in [4.69, 9.17) is 11.6 Å². The van der Waals surface area contributed by atoms with Crippen molar-refractivity contribution >= 4 is 34.7 Å². The molecule has 31 heavy (non-hydrogen) atoms. The van der Waals surface area contributed by atoms with Gasteiger partial charge < -0.3 is 20.4 Å². The standard InChI is InChI=1S/C23H26ClFN6/c1-2-30-10-12-31(13-11-30)20-8-6-19(7-9-20)28-23-27-16-21(24)22(29-23)26-15-17-4-3-5-18(25)14-17/h3-9,14,16H,2,10-13,15H2,1H3,(H2,26,27,28,29). The first-order chi connectivity index (χ1) is 15.1. The predicted molar refractivity (Wildman–Crippen MR) is 125 cm³/mol. The first kappa shape index (κ1) is 21.3. The van der Waals surface area contributed by atoms with Crippen LogP contribution in [0.3, 0.4) is 0 Å². The maximum Gasteiger partial charge on any atom is 0.229 e. The van der Waals surface area contributed by atoms with Crippen molar-refractivity contribution in [1.29, 1.82) is 0 Å². The number of benzene rings is 2. The van der Waals surface area contributed by atoms with E-state index in [9.17, 15) is 4.39 Å². The van der Waals surface area contributed by atoms with Crippen molar-refractivity contribution in [3.63, 3.8) is 0 Å². The summed E-state index contributed by atoms with van der Waals surface area (Å²) in [5.74, 6) is 0.662. The van der Waals surface area contributed by atoms with E-state index in [0.717, 1.165) is 44.0 Å². The van der Waals surface area contributed by atoms with E-state index in [-0.39, 0.29) is 5.82 Å². The molecule has 2 N–H and O–H groups in total. The summed E-state index contributed by atoms with van der Waals surface area (Å²) in [4.78, 5) is 13.6. The average molecular weight is 441 g/mol. The molecule has 1 aromatic heterocycles. The number of halogens is 2. The fourth-order valence-corrected chi connectivity index (χ4v) is 3.75.